The van der Waals surface area contributed by atoms with E-state index in [-0.39, 0.29) is 18.2 Å². The summed E-state index contributed by atoms with van der Waals surface area (Å²) in [5.74, 6) is 0.330. The lowest BCUT2D eigenvalue weighted by molar-refractivity contribution is 0.103. The van der Waals surface area contributed by atoms with Crippen LogP contribution >= 0.6 is 0 Å². The molecule has 0 aliphatic carbocycles. The molecule has 11 heteroatoms. The molecule has 4 heterocycles. The van der Waals surface area contributed by atoms with Crippen LogP contribution in [0.4, 0.5) is 9.59 Å². The van der Waals surface area contributed by atoms with Crippen molar-refractivity contribution in [3.63, 3.8) is 0 Å². The number of nitrogens with one attached hydrogen (secondary N) is 2. The van der Waals surface area contributed by atoms with Crippen LogP contribution in [0.5, 0.6) is 6.01 Å². The molecule has 0 bridgehead atoms. The van der Waals surface area contributed by atoms with Gasteiger partial charge in [-0.05, 0) is 19.4 Å². The highest BCUT2D eigenvalue weighted by Gasteiger charge is 2.27. The minimum absolute atomic E-state index is 0.00640. The second kappa shape index (κ2) is 16.2. The van der Waals surface area contributed by atoms with Gasteiger partial charge in [0.15, 0.2) is 0 Å². The van der Waals surface area contributed by atoms with Gasteiger partial charge in [0.1, 0.15) is 6.10 Å². The molecule has 11 nitrogen and oxygen atoms in total. The molecule has 36 heavy (non-hydrogen) atoms. The molecule has 4 rings (SSSR count). The van der Waals surface area contributed by atoms with Gasteiger partial charge in [-0.3, -0.25) is 9.97 Å². The number of urea groups is 2. The van der Waals surface area contributed by atoms with Gasteiger partial charge in [0.2, 0.25) is 0 Å². The molecule has 4 amide bonds. The van der Waals surface area contributed by atoms with Crippen LogP contribution in [0.2, 0.25) is 0 Å². The minimum atomic E-state index is -0.0126. The van der Waals surface area contributed by atoms with Crippen LogP contribution in [-0.4, -0.2) is 87.7 Å². The third-order valence-electron chi connectivity index (χ3n) is 5.56. The predicted octanol–water partition coefficient (Wildman–Crippen LogP) is 3.07. The van der Waals surface area contributed by atoms with Crippen molar-refractivity contribution in [3.05, 3.63) is 42.7 Å². The summed E-state index contributed by atoms with van der Waals surface area (Å²) in [6.45, 7) is 9.78. The topological polar surface area (TPSA) is 125 Å². The van der Waals surface area contributed by atoms with Crippen LogP contribution in [0.3, 0.4) is 0 Å². The molecule has 2 aromatic heterocycles. The molecule has 0 aromatic carbocycles. The first-order valence-electron chi connectivity index (χ1n) is 12.7. The average molecular weight is 501 g/mol. The summed E-state index contributed by atoms with van der Waals surface area (Å²) in [5.41, 5.74) is 0.976. The highest BCUT2D eigenvalue weighted by atomic mass is 16.5. The van der Waals surface area contributed by atoms with Gasteiger partial charge in [-0.25, -0.2) is 19.6 Å². The second-order valence-electron chi connectivity index (χ2n) is 8.50. The SMILES string of the molecule is CCC.CCNC(=O)N1CCC(Oc2ncccn2)CC1.CNC(=O)N1CCC(c2cnccn2)C1. The lowest BCUT2D eigenvalue weighted by atomic mass is 10.1. The molecule has 198 valence electrons. The normalized spacial score (nSPS) is 17.2. The smallest absolute Gasteiger partial charge is 0.317 e. The van der Waals surface area contributed by atoms with Gasteiger partial charge in [0.25, 0.3) is 0 Å². The van der Waals surface area contributed by atoms with Crippen molar-refractivity contribution in [3.8, 4) is 6.01 Å². The van der Waals surface area contributed by atoms with E-state index in [9.17, 15) is 9.59 Å². The average Bonchev–Trinajstić information content (AvgIpc) is 3.41. The number of carbonyl (C=O) groups excluding carboxylic acids is 2. The van der Waals surface area contributed by atoms with E-state index in [1.54, 1.807) is 49.0 Å². The van der Waals surface area contributed by atoms with Crippen LogP contribution in [0.25, 0.3) is 0 Å². The summed E-state index contributed by atoms with van der Waals surface area (Å²) in [4.78, 5) is 43.0. The molecule has 2 aliphatic rings. The first kappa shape index (κ1) is 28.7. The maximum atomic E-state index is 11.6. The van der Waals surface area contributed by atoms with Gasteiger partial charge in [-0.15, -0.1) is 0 Å². The van der Waals surface area contributed by atoms with E-state index < -0.39 is 0 Å². The Bertz CT molecular complexity index is 879. The molecule has 2 fully saturated rings. The van der Waals surface area contributed by atoms with Gasteiger partial charge in [0, 0.05) is 89.5 Å². The summed E-state index contributed by atoms with van der Waals surface area (Å²) in [6, 6.07) is 2.16. The fourth-order valence-electron chi connectivity index (χ4n) is 3.80. The molecule has 1 unspecified atom stereocenters. The molecule has 2 aromatic rings. The predicted molar refractivity (Wildman–Crippen MR) is 138 cm³/mol. The molecule has 0 radical (unpaired) electrons. The molecule has 1 atom stereocenters. The van der Waals surface area contributed by atoms with Crippen LogP contribution in [0.1, 0.15) is 58.1 Å². The van der Waals surface area contributed by atoms with Gasteiger partial charge in [-0.2, -0.15) is 0 Å². The molecule has 0 saturated carbocycles. The van der Waals surface area contributed by atoms with E-state index in [1.807, 2.05) is 11.8 Å². The number of likely N-dealkylation sites (tertiary alicyclic amines) is 2. The van der Waals surface area contributed by atoms with E-state index >= 15 is 0 Å². The van der Waals surface area contributed by atoms with Crippen LogP contribution in [0, 0.1) is 0 Å². The number of carbonyl (C=O) groups is 2. The largest absolute Gasteiger partial charge is 0.460 e. The van der Waals surface area contributed by atoms with Crippen molar-refractivity contribution in [2.45, 2.75) is 58.5 Å². The molecular weight excluding hydrogens is 460 g/mol. The number of piperidine rings is 1. The second-order valence-corrected chi connectivity index (χ2v) is 8.50. The summed E-state index contributed by atoms with van der Waals surface area (Å²) in [5, 5.41) is 5.43. The van der Waals surface area contributed by atoms with Gasteiger partial charge in [-0.1, -0.05) is 20.3 Å². The standard InChI is InChI=1S/C12H18N4O2.C10H14N4O.C3H8/c1-2-13-12(17)16-8-4-10(5-9-16)18-11-14-6-3-7-15-11;1-11-10(15)14-5-2-8(7-14)9-6-12-3-4-13-9;1-3-2/h3,6-7,10H,2,4-5,8-9H2,1H3,(H,13,17);3-4,6,8H,2,5,7H2,1H3,(H,11,15);3H2,1-2H3. The lowest BCUT2D eigenvalue weighted by Crippen LogP contribution is -2.46. The highest BCUT2D eigenvalue weighted by molar-refractivity contribution is 5.74. The zero-order valence-electron chi connectivity index (χ0n) is 21.9. The van der Waals surface area contributed by atoms with Crippen LogP contribution < -0.4 is 15.4 Å². The third kappa shape index (κ3) is 9.63. The van der Waals surface area contributed by atoms with Crippen molar-refractivity contribution < 1.29 is 14.3 Å². The Morgan fingerprint density at radius 2 is 1.61 bits per heavy atom. The van der Waals surface area contributed by atoms with Crippen molar-refractivity contribution in [2.24, 2.45) is 0 Å². The summed E-state index contributed by atoms with van der Waals surface area (Å²) >= 11 is 0. The Morgan fingerprint density at radius 3 is 2.19 bits per heavy atom. The maximum absolute atomic E-state index is 11.6. The van der Waals surface area contributed by atoms with E-state index in [4.69, 9.17) is 4.74 Å². The fourth-order valence-corrected chi connectivity index (χ4v) is 3.80. The Kier molecular flexibility index (Phi) is 12.9. The number of amides is 4. The number of nitrogens with zero attached hydrogens (tertiary/aromatic N) is 6. The van der Waals surface area contributed by atoms with Crippen molar-refractivity contribution in [1.82, 2.24) is 40.4 Å². The molecule has 0 spiro atoms. The summed E-state index contributed by atoms with van der Waals surface area (Å²) in [7, 11) is 1.65. The van der Waals surface area contributed by atoms with E-state index in [1.165, 1.54) is 6.42 Å². The zero-order chi connectivity index (χ0) is 26.2. The molecule has 2 N–H and O–H groups in total. The summed E-state index contributed by atoms with van der Waals surface area (Å²) < 4.78 is 5.66. The van der Waals surface area contributed by atoms with Gasteiger partial charge in [0.05, 0.1) is 5.69 Å². The fraction of sp³-hybridized carbons (Fsp3) is 0.600. The maximum Gasteiger partial charge on any atom is 0.317 e. The first-order chi connectivity index (χ1) is 17.5. The van der Waals surface area contributed by atoms with Crippen molar-refractivity contribution in [2.75, 3.05) is 39.8 Å². The highest BCUT2D eigenvalue weighted by Crippen LogP contribution is 2.24. The van der Waals surface area contributed by atoms with Crippen molar-refractivity contribution in [1.29, 1.82) is 0 Å². The molecular formula is C25H40N8O3. The van der Waals surface area contributed by atoms with E-state index in [2.05, 4.69) is 44.4 Å². The Balaban J connectivity index is 0.000000232. The van der Waals surface area contributed by atoms with E-state index in [0.29, 0.717) is 31.6 Å². The number of ether oxygens (including phenoxy) is 1. The quantitative estimate of drug-likeness (QED) is 0.661. The summed E-state index contributed by atoms with van der Waals surface area (Å²) in [6.07, 6.45) is 12.4. The Hall–Kier alpha value is -3.50. The third-order valence-corrected chi connectivity index (χ3v) is 5.56. The number of rotatable bonds is 4. The molecule has 2 saturated heterocycles. The number of hydrogen-bond donors (Lipinski definition) is 2. The number of hydrogen-bond acceptors (Lipinski definition) is 7. The van der Waals surface area contributed by atoms with Crippen LogP contribution in [0.15, 0.2) is 37.1 Å². The lowest BCUT2D eigenvalue weighted by Gasteiger charge is -2.31. The van der Waals surface area contributed by atoms with E-state index in [0.717, 1.165) is 38.0 Å². The monoisotopic (exact) mass is 500 g/mol. The van der Waals surface area contributed by atoms with Gasteiger partial charge < -0.3 is 25.2 Å². The molecule has 2 aliphatic heterocycles. The van der Waals surface area contributed by atoms with Gasteiger partial charge >= 0.3 is 18.1 Å². The minimum Gasteiger partial charge on any atom is -0.460 e. The zero-order valence-corrected chi connectivity index (χ0v) is 21.9. The van der Waals surface area contributed by atoms with Crippen LogP contribution in [-0.2, 0) is 0 Å². The first-order valence-corrected chi connectivity index (χ1v) is 12.7. The Labute approximate surface area is 214 Å². The Morgan fingerprint density at radius 1 is 0.944 bits per heavy atom. The van der Waals surface area contributed by atoms with Crippen molar-refractivity contribution >= 4 is 12.1 Å². The number of aromatic nitrogens is 4.